The Labute approximate surface area is 229 Å². The van der Waals surface area contributed by atoms with Gasteiger partial charge in [-0.05, 0) is 68.5 Å². The predicted octanol–water partition coefficient (Wildman–Crippen LogP) is 5.04. The van der Waals surface area contributed by atoms with Crippen molar-refractivity contribution in [3.05, 3.63) is 76.1 Å². The van der Waals surface area contributed by atoms with Gasteiger partial charge in [0.25, 0.3) is 0 Å². The lowest BCUT2D eigenvalue weighted by Gasteiger charge is -2.36. The summed E-state index contributed by atoms with van der Waals surface area (Å²) in [6.07, 6.45) is 0.934. The normalized spacial score (nSPS) is 18.8. The van der Waals surface area contributed by atoms with E-state index in [2.05, 4.69) is 5.32 Å². The SMILES string of the molecule is CCOCCOC(=O)C1=C(C)NC2=C(C(=O)C[C@H](c3ccc(OC)c(OC)c3)C2)[C@H]1c1ccc(OCC)cc1. The van der Waals surface area contributed by atoms with E-state index in [4.69, 9.17) is 23.7 Å². The van der Waals surface area contributed by atoms with Gasteiger partial charge >= 0.3 is 5.97 Å². The number of dihydropyridines is 1. The molecule has 2 atom stereocenters. The van der Waals surface area contributed by atoms with Crippen molar-refractivity contribution in [2.45, 2.75) is 45.4 Å². The lowest BCUT2D eigenvalue weighted by Crippen LogP contribution is -2.36. The molecule has 208 valence electrons. The van der Waals surface area contributed by atoms with Crippen molar-refractivity contribution in [1.29, 1.82) is 0 Å². The van der Waals surface area contributed by atoms with Crippen LogP contribution in [0.4, 0.5) is 0 Å². The number of benzene rings is 2. The highest BCUT2D eigenvalue weighted by Gasteiger charge is 2.41. The quantitative estimate of drug-likeness (QED) is 0.316. The van der Waals surface area contributed by atoms with Crippen LogP contribution >= 0.6 is 0 Å². The zero-order valence-electron chi connectivity index (χ0n) is 23.3. The predicted molar refractivity (Wildman–Crippen MR) is 147 cm³/mol. The van der Waals surface area contributed by atoms with E-state index in [1.54, 1.807) is 14.2 Å². The lowest BCUT2D eigenvalue weighted by atomic mass is 9.71. The monoisotopic (exact) mass is 535 g/mol. The van der Waals surface area contributed by atoms with E-state index >= 15 is 0 Å². The van der Waals surface area contributed by atoms with E-state index in [1.807, 2.05) is 63.2 Å². The van der Waals surface area contributed by atoms with E-state index < -0.39 is 11.9 Å². The molecule has 0 spiro atoms. The number of hydrogen-bond acceptors (Lipinski definition) is 8. The van der Waals surface area contributed by atoms with Crippen molar-refractivity contribution in [2.75, 3.05) is 40.6 Å². The van der Waals surface area contributed by atoms with Crippen molar-refractivity contribution in [1.82, 2.24) is 5.32 Å². The highest BCUT2D eigenvalue weighted by molar-refractivity contribution is 6.04. The third-order valence-electron chi connectivity index (χ3n) is 7.12. The average molecular weight is 536 g/mol. The minimum absolute atomic E-state index is 0.00506. The van der Waals surface area contributed by atoms with Crippen LogP contribution in [-0.4, -0.2) is 52.4 Å². The van der Waals surface area contributed by atoms with Gasteiger partial charge in [0.2, 0.25) is 0 Å². The molecule has 8 heteroatoms. The van der Waals surface area contributed by atoms with Crippen LogP contribution in [0, 0.1) is 0 Å². The maximum atomic E-state index is 13.8. The molecule has 0 bridgehead atoms. The molecule has 0 amide bonds. The molecule has 0 fully saturated rings. The Morgan fingerprint density at radius 3 is 2.31 bits per heavy atom. The molecule has 1 N–H and O–H groups in total. The Balaban J connectivity index is 1.71. The Kier molecular flexibility index (Phi) is 9.30. The molecule has 39 heavy (non-hydrogen) atoms. The maximum absolute atomic E-state index is 13.8. The third kappa shape index (κ3) is 6.11. The lowest BCUT2D eigenvalue weighted by molar-refractivity contribution is -0.140. The second-order valence-electron chi connectivity index (χ2n) is 9.47. The van der Waals surface area contributed by atoms with Crippen LogP contribution in [-0.2, 0) is 19.1 Å². The van der Waals surface area contributed by atoms with Crippen molar-refractivity contribution in [3.8, 4) is 17.2 Å². The highest BCUT2D eigenvalue weighted by Crippen LogP contribution is 2.46. The number of Topliss-reactive ketones (excluding diaryl/α,β-unsaturated/α-hetero) is 1. The largest absolute Gasteiger partial charge is 0.494 e. The summed E-state index contributed by atoms with van der Waals surface area (Å²) < 4.78 is 27.4. The summed E-state index contributed by atoms with van der Waals surface area (Å²) in [6, 6.07) is 13.3. The first-order valence-electron chi connectivity index (χ1n) is 13.3. The minimum atomic E-state index is -0.546. The first-order valence-corrected chi connectivity index (χ1v) is 13.3. The summed E-state index contributed by atoms with van der Waals surface area (Å²) >= 11 is 0. The van der Waals surface area contributed by atoms with Crippen LogP contribution in [0.2, 0.25) is 0 Å². The number of ketones is 1. The Morgan fingerprint density at radius 1 is 0.923 bits per heavy atom. The summed E-state index contributed by atoms with van der Waals surface area (Å²) in [7, 11) is 3.20. The van der Waals surface area contributed by atoms with Crippen molar-refractivity contribution in [3.63, 3.8) is 0 Å². The van der Waals surface area contributed by atoms with Gasteiger partial charge in [0.1, 0.15) is 12.4 Å². The van der Waals surface area contributed by atoms with Crippen LogP contribution in [0.25, 0.3) is 0 Å². The Morgan fingerprint density at radius 2 is 1.64 bits per heavy atom. The number of carbonyl (C=O) groups excluding carboxylic acids is 2. The van der Waals surface area contributed by atoms with E-state index in [0.717, 1.165) is 22.6 Å². The van der Waals surface area contributed by atoms with Crippen LogP contribution in [0.15, 0.2) is 65.0 Å². The van der Waals surface area contributed by atoms with E-state index in [-0.39, 0.29) is 18.3 Å². The fourth-order valence-electron chi connectivity index (χ4n) is 5.32. The second kappa shape index (κ2) is 12.8. The number of nitrogens with one attached hydrogen (secondary N) is 1. The summed E-state index contributed by atoms with van der Waals surface area (Å²) in [6.45, 7) is 7.22. The second-order valence-corrected chi connectivity index (χ2v) is 9.47. The topological polar surface area (TPSA) is 92.3 Å². The fourth-order valence-corrected chi connectivity index (χ4v) is 5.32. The third-order valence-corrected chi connectivity index (χ3v) is 7.12. The van der Waals surface area contributed by atoms with Gasteiger partial charge in [-0.25, -0.2) is 4.79 Å². The van der Waals surface area contributed by atoms with Gasteiger partial charge in [-0.3, -0.25) is 4.79 Å². The molecule has 0 aromatic heterocycles. The molecule has 0 radical (unpaired) electrons. The highest BCUT2D eigenvalue weighted by atomic mass is 16.6. The zero-order valence-corrected chi connectivity index (χ0v) is 23.3. The van der Waals surface area contributed by atoms with Crippen LogP contribution in [0.1, 0.15) is 56.6 Å². The molecular formula is C31H37NO7. The van der Waals surface area contributed by atoms with Gasteiger partial charge in [0, 0.05) is 35.9 Å². The van der Waals surface area contributed by atoms with Gasteiger partial charge < -0.3 is 29.0 Å². The molecule has 4 rings (SSSR count). The first kappa shape index (κ1) is 28.2. The van der Waals surface area contributed by atoms with Crippen molar-refractivity contribution < 1.29 is 33.3 Å². The van der Waals surface area contributed by atoms with Gasteiger partial charge in [-0.15, -0.1) is 0 Å². The summed E-state index contributed by atoms with van der Waals surface area (Å²) in [4.78, 5) is 27.2. The van der Waals surface area contributed by atoms with Crippen LogP contribution in [0.5, 0.6) is 17.2 Å². The molecule has 2 aliphatic rings. The number of carbonyl (C=O) groups is 2. The van der Waals surface area contributed by atoms with Crippen LogP contribution < -0.4 is 19.5 Å². The molecule has 0 unspecified atom stereocenters. The molecule has 1 heterocycles. The molecule has 2 aromatic rings. The van der Waals surface area contributed by atoms with Gasteiger partial charge in [0.15, 0.2) is 17.3 Å². The number of methoxy groups -OCH3 is 2. The molecule has 0 saturated heterocycles. The van der Waals surface area contributed by atoms with Gasteiger partial charge in [-0.2, -0.15) is 0 Å². The molecule has 8 nitrogen and oxygen atoms in total. The Bertz CT molecular complexity index is 1260. The molecule has 2 aromatic carbocycles. The smallest absolute Gasteiger partial charge is 0.336 e. The minimum Gasteiger partial charge on any atom is -0.494 e. The average Bonchev–Trinajstić information content (AvgIpc) is 2.94. The molecule has 0 saturated carbocycles. The number of allylic oxidation sites excluding steroid dienone is 3. The van der Waals surface area contributed by atoms with Gasteiger partial charge in [0.05, 0.1) is 33.0 Å². The maximum Gasteiger partial charge on any atom is 0.336 e. The first-order chi connectivity index (χ1) is 18.9. The molecule has 1 aliphatic carbocycles. The van der Waals surface area contributed by atoms with E-state index in [1.165, 1.54) is 0 Å². The summed E-state index contributed by atoms with van der Waals surface area (Å²) in [5.74, 6) is 0.941. The number of hydrogen-bond donors (Lipinski definition) is 1. The molecule has 1 aliphatic heterocycles. The van der Waals surface area contributed by atoms with Crippen LogP contribution in [0.3, 0.4) is 0 Å². The Hall–Kier alpha value is -3.78. The number of ether oxygens (including phenoxy) is 5. The number of rotatable bonds is 11. The standard InChI is InChI=1S/C31H37NO7/c1-6-37-14-15-39-31(34)28-19(3)32-24-16-22(21-10-13-26(35-4)27(18-21)36-5)17-25(33)30(24)29(28)20-8-11-23(12-9-20)38-7-2/h8-13,18,22,29,32H,6-7,14-17H2,1-5H3/t22-,29+/m1/s1. The summed E-state index contributed by atoms with van der Waals surface area (Å²) in [5, 5.41) is 3.39. The van der Waals surface area contributed by atoms with Crippen molar-refractivity contribution in [2.24, 2.45) is 0 Å². The van der Waals surface area contributed by atoms with Crippen molar-refractivity contribution >= 4 is 11.8 Å². The number of esters is 1. The summed E-state index contributed by atoms with van der Waals surface area (Å²) in [5.41, 5.74) is 4.38. The van der Waals surface area contributed by atoms with Gasteiger partial charge in [-0.1, -0.05) is 18.2 Å². The van der Waals surface area contributed by atoms with E-state index in [0.29, 0.717) is 61.0 Å². The van der Waals surface area contributed by atoms with E-state index in [9.17, 15) is 9.59 Å². The molecular weight excluding hydrogens is 498 g/mol. The fraction of sp³-hybridized carbons (Fsp3) is 0.419. The zero-order chi connectivity index (χ0) is 27.9.